The van der Waals surface area contributed by atoms with Gasteiger partial charge >= 0.3 is 17.9 Å². The van der Waals surface area contributed by atoms with Gasteiger partial charge in [0.1, 0.15) is 54.4 Å². The number of carbonyl (C=O) groups is 5. The largest absolute Gasteiger partial charge is 0.458 e. The van der Waals surface area contributed by atoms with Crippen molar-refractivity contribution in [3.63, 3.8) is 0 Å². The Labute approximate surface area is 395 Å². The van der Waals surface area contributed by atoms with Crippen molar-refractivity contribution in [1.29, 1.82) is 0 Å². The highest BCUT2D eigenvalue weighted by Crippen LogP contribution is 2.55. The summed E-state index contributed by atoms with van der Waals surface area (Å²) in [5.74, 6) is -3.75. The number of benzene rings is 1. The maximum atomic E-state index is 15.5. The third-order valence-corrected chi connectivity index (χ3v) is 15.2. The number of ketones is 2. The van der Waals surface area contributed by atoms with Crippen molar-refractivity contribution in [3.8, 4) is 12.3 Å². The molecule has 67 heavy (non-hydrogen) atoms. The highest BCUT2D eigenvalue weighted by atomic mass is 16.7. The van der Waals surface area contributed by atoms with Crippen LogP contribution in [-0.2, 0) is 61.8 Å². The summed E-state index contributed by atoms with van der Waals surface area (Å²) in [6.45, 7) is 15.2. The molecule has 5 heterocycles. The second kappa shape index (κ2) is 20.3. The summed E-state index contributed by atoms with van der Waals surface area (Å²) in [6, 6.07) is 7.23. The Kier molecular flexibility index (Phi) is 15.9. The van der Waals surface area contributed by atoms with Gasteiger partial charge in [-0.15, -0.1) is 6.42 Å². The molecular weight excluding hydrogens is 869 g/mol. The lowest BCUT2D eigenvalue weighted by Crippen LogP contribution is -2.64. The number of rotatable bonds is 11. The predicted molar refractivity (Wildman–Crippen MR) is 241 cm³/mol. The molecule has 1 aromatic carbocycles. The van der Waals surface area contributed by atoms with E-state index < -0.39 is 131 Å². The third kappa shape index (κ3) is 9.98. The predicted octanol–water partition coefficient (Wildman–Crippen LogP) is 3.74. The molecule has 5 aliphatic rings. The maximum Gasteiger partial charge on any atom is 0.338 e. The molecule has 0 aliphatic carbocycles. The minimum absolute atomic E-state index is 0.0922. The van der Waals surface area contributed by atoms with E-state index in [1.165, 1.54) is 14.0 Å². The molecule has 0 spiro atoms. The average Bonchev–Trinajstić information content (AvgIpc) is 3.74. The molecule has 17 heteroatoms. The Balaban J connectivity index is 1.49. The van der Waals surface area contributed by atoms with Crippen LogP contribution in [0, 0.1) is 35.5 Å². The van der Waals surface area contributed by atoms with Crippen LogP contribution < -0.4 is 0 Å². The van der Waals surface area contributed by atoms with Gasteiger partial charge in [0.05, 0.1) is 23.4 Å². The first-order valence-corrected chi connectivity index (χ1v) is 23.5. The molecule has 5 aliphatic heterocycles. The number of terminal acetylenes is 1. The fourth-order valence-electron chi connectivity index (χ4n) is 11.7. The first-order valence-electron chi connectivity index (χ1n) is 23.5. The number of hydrogen-bond acceptors (Lipinski definition) is 17. The number of aliphatic hydroxyl groups excluding tert-OH is 1. The zero-order valence-electron chi connectivity index (χ0n) is 41.3. The van der Waals surface area contributed by atoms with E-state index in [-0.39, 0.29) is 38.2 Å². The Hall–Kier alpha value is -3.83. The maximum absolute atomic E-state index is 15.5. The number of likely N-dealkylation sites (N-methyl/N-ethyl adjacent to an activating group) is 2. The topological polar surface area (TPSA) is 195 Å². The molecule has 1 N–H and O–H groups in total. The van der Waals surface area contributed by atoms with Crippen molar-refractivity contribution in [2.45, 2.75) is 172 Å². The monoisotopic (exact) mass is 940 g/mol. The molecule has 6 rings (SSSR count). The molecule has 5 fully saturated rings. The zero-order chi connectivity index (χ0) is 49.6. The Morgan fingerprint density at radius 3 is 2.24 bits per heavy atom. The smallest absolute Gasteiger partial charge is 0.338 e. The van der Waals surface area contributed by atoms with Crippen molar-refractivity contribution in [3.05, 3.63) is 35.9 Å². The van der Waals surface area contributed by atoms with Crippen LogP contribution in [0.5, 0.6) is 0 Å². The number of likely N-dealkylation sites (tertiary alicyclic amines) is 1. The lowest BCUT2D eigenvalue weighted by molar-refractivity contribution is -0.327. The normalized spacial score (nSPS) is 43.2. The van der Waals surface area contributed by atoms with Gasteiger partial charge in [-0.2, -0.15) is 0 Å². The molecule has 17 nitrogen and oxygen atoms in total. The molecule has 18 atom stereocenters. The average molecular weight is 941 g/mol. The summed E-state index contributed by atoms with van der Waals surface area (Å²) in [5, 5.41) is 11.9. The molecule has 0 amide bonds. The van der Waals surface area contributed by atoms with Crippen molar-refractivity contribution >= 4 is 29.5 Å². The van der Waals surface area contributed by atoms with E-state index in [1.54, 1.807) is 78.9 Å². The molecule has 0 saturated carbocycles. The highest BCUT2D eigenvalue weighted by molar-refractivity contribution is 6.01. The summed E-state index contributed by atoms with van der Waals surface area (Å²) in [4.78, 5) is 76.2. The van der Waals surface area contributed by atoms with E-state index in [0.717, 1.165) is 0 Å². The Morgan fingerprint density at radius 2 is 1.63 bits per heavy atom. The van der Waals surface area contributed by atoms with Gasteiger partial charge in [-0.3, -0.25) is 24.1 Å². The van der Waals surface area contributed by atoms with Crippen LogP contribution in [0.2, 0.25) is 0 Å². The van der Waals surface area contributed by atoms with Gasteiger partial charge in [-0.25, -0.2) is 4.79 Å². The van der Waals surface area contributed by atoms with Gasteiger partial charge < -0.3 is 52.6 Å². The second-order valence-corrected chi connectivity index (χ2v) is 20.5. The summed E-state index contributed by atoms with van der Waals surface area (Å²) in [7, 11) is 6.87. The van der Waals surface area contributed by atoms with E-state index in [2.05, 4.69) is 5.92 Å². The molecule has 0 bridgehead atoms. The van der Waals surface area contributed by atoms with E-state index >= 15 is 9.59 Å². The number of ether oxygens (including phenoxy) is 9. The van der Waals surface area contributed by atoms with Crippen LogP contribution in [0.4, 0.5) is 0 Å². The van der Waals surface area contributed by atoms with E-state index in [9.17, 15) is 19.5 Å². The first kappa shape index (κ1) is 52.5. The third-order valence-electron chi connectivity index (χ3n) is 15.2. The highest BCUT2D eigenvalue weighted by Gasteiger charge is 2.71. The number of carbonyl (C=O) groups excluding carboxylic acids is 5. The van der Waals surface area contributed by atoms with Gasteiger partial charge in [0.15, 0.2) is 30.1 Å². The summed E-state index contributed by atoms with van der Waals surface area (Å²) in [6.07, 6.45) is -4.27. The van der Waals surface area contributed by atoms with Crippen LogP contribution in [-0.4, -0.2) is 170 Å². The van der Waals surface area contributed by atoms with Crippen LogP contribution in [0.3, 0.4) is 0 Å². The quantitative estimate of drug-likeness (QED) is 0.146. The first-order chi connectivity index (χ1) is 31.4. The van der Waals surface area contributed by atoms with Crippen molar-refractivity contribution in [2.75, 3.05) is 41.4 Å². The summed E-state index contributed by atoms with van der Waals surface area (Å²) >= 11 is 0. The summed E-state index contributed by atoms with van der Waals surface area (Å²) < 4.78 is 57.5. The van der Waals surface area contributed by atoms with E-state index in [4.69, 9.17) is 49.1 Å². The molecule has 4 unspecified atom stereocenters. The van der Waals surface area contributed by atoms with Gasteiger partial charge in [-0.1, -0.05) is 44.9 Å². The van der Waals surface area contributed by atoms with Crippen molar-refractivity contribution < 1.29 is 71.7 Å². The van der Waals surface area contributed by atoms with Crippen LogP contribution in [0.1, 0.15) is 98.4 Å². The Bertz CT molecular complexity index is 2030. The minimum Gasteiger partial charge on any atom is -0.458 e. The number of hydrogen-bond donors (Lipinski definition) is 1. The van der Waals surface area contributed by atoms with E-state index in [0.29, 0.717) is 12.0 Å². The summed E-state index contributed by atoms with van der Waals surface area (Å²) in [5.41, 5.74) is -5.30. The van der Waals surface area contributed by atoms with Gasteiger partial charge in [0, 0.05) is 43.4 Å². The zero-order valence-corrected chi connectivity index (χ0v) is 41.3. The lowest BCUT2D eigenvalue weighted by atomic mass is 9.62. The Morgan fingerprint density at radius 1 is 0.955 bits per heavy atom. The molecular formula is C50H72N2O15. The van der Waals surface area contributed by atoms with Gasteiger partial charge in [0.2, 0.25) is 0 Å². The number of esters is 3. The van der Waals surface area contributed by atoms with E-state index in [1.807, 2.05) is 37.7 Å². The van der Waals surface area contributed by atoms with Gasteiger partial charge in [-0.05, 0) is 94.1 Å². The molecule has 5 saturated heterocycles. The van der Waals surface area contributed by atoms with Crippen molar-refractivity contribution in [1.82, 2.24) is 9.80 Å². The van der Waals surface area contributed by atoms with Gasteiger partial charge in [0.25, 0.3) is 0 Å². The molecule has 0 radical (unpaired) electrons. The standard InChI is InChI=1S/C50H72N2O15/c1-15-22-60-49(9)24-27(3)40(55)47(7)26-52(13)35-39(47)50(10,67-45(35)58)33(16-2)63-43(56)29(5)36(53)38(42(49)66-46-37(54)32(51(11)12)23-28(4)61-46)64-34-25-48(8,59-14)41(30(6)62-34)65-44(57)31-20-18-17-19-21-31/h1,17-21,27-30,32-35,37-39,41-42,46,54H,16,22-26H2,2-14H3/t27-,28-,29-,30+,32+,33-,34?,35?,37-,38+,39?,41+,42-,46+,47?,48-,49+,50-/m1/s1. The fraction of sp³-hybridized carbons (Fsp3) is 0.740. The van der Waals surface area contributed by atoms with Crippen LogP contribution in [0.25, 0.3) is 0 Å². The number of nitrogens with zero attached hydrogens (tertiary/aromatic N) is 2. The minimum atomic E-state index is -1.77. The lowest BCUT2D eigenvalue weighted by Gasteiger charge is -2.49. The van der Waals surface area contributed by atoms with Crippen molar-refractivity contribution in [2.24, 2.45) is 23.2 Å². The number of cyclic esters (lactones) is 1. The fourth-order valence-corrected chi connectivity index (χ4v) is 11.7. The molecule has 1 aromatic rings. The molecule has 372 valence electrons. The second-order valence-electron chi connectivity index (χ2n) is 20.5. The SMILES string of the molecule is C#CCO[C@@]1(C)C[C@@H](C)C(=O)C2(C)CN(C)C3C(=O)O[C@@](C)(C32)[C@@H](CC)OC(=O)[C@H](C)C(=O)[C@H](OC2C[C@@](C)(OC)[C@@H](OC(=O)c3ccccc3)[C@H](C)O2)[C@H]1O[C@@H]1O[C@H](C)C[C@H](N(C)C)[C@H]1O. The number of Topliss-reactive ketones (excluding diaryl/α,β-unsaturated/α-hetero) is 2. The van der Waals surface area contributed by atoms with Crippen LogP contribution in [0.15, 0.2) is 30.3 Å². The van der Waals surface area contributed by atoms with Crippen LogP contribution >= 0.6 is 0 Å². The molecule has 0 aromatic heterocycles. The number of methoxy groups -OCH3 is 1. The number of aliphatic hydroxyl groups is 1.